The van der Waals surface area contributed by atoms with Crippen molar-refractivity contribution in [3.8, 4) is 0 Å². The molecule has 0 aliphatic carbocycles. The molecule has 1 aliphatic rings. The average Bonchev–Trinajstić information content (AvgIpc) is 2.47. The van der Waals surface area contributed by atoms with Crippen LogP contribution in [0.1, 0.15) is 6.42 Å². The van der Waals surface area contributed by atoms with E-state index in [1.165, 1.54) is 0 Å². The summed E-state index contributed by atoms with van der Waals surface area (Å²) in [5.41, 5.74) is 7.12. The molecule has 0 amide bonds. The lowest BCUT2D eigenvalue weighted by molar-refractivity contribution is 0.681. The highest BCUT2D eigenvalue weighted by molar-refractivity contribution is 7.85. The number of nitrogens with two attached hydrogens (primary N) is 1. The number of amidine groups is 1. The summed E-state index contributed by atoms with van der Waals surface area (Å²) in [6.45, 7) is 0.524. The molecule has 0 aromatic heterocycles. The van der Waals surface area contributed by atoms with Gasteiger partial charge in [0.2, 0.25) is 0 Å². The molecule has 2 aromatic carbocycles. The maximum absolute atomic E-state index is 12.8. The van der Waals surface area contributed by atoms with Crippen molar-refractivity contribution in [1.29, 1.82) is 5.41 Å². The first kappa shape index (κ1) is 15.3. The summed E-state index contributed by atoms with van der Waals surface area (Å²) in [4.78, 5) is 3.29. The van der Waals surface area contributed by atoms with Crippen molar-refractivity contribution in [3.63, 3.8) is 0 Å². The van der Waals surface area contributed by atoms with Gasteiger partial charge in [-0.3, -0.25) is 5.41 Å². The van der Waals surface area contributed by atoms with Crippen LogP contribution in [0.25, 0.3) is 0 Å². The summed E-state index contributed by atoms with van der Waals surface area (Å²) in [5.74, 6) is 0.109. The summed E-state index contributed by atoms with van der Waals surface area (Å²) < 4.78 is 12.8. The molecule has 0 saturated carbocycles. The standard InChI is InChI=1S/C15H13Cl2N3OS/c16-9-1-3-11-13(7-9)22(21)14-8-10(17)2-4-12(14)20(11)6-5-15(18)19/h1-4,7-8H,5-6H2,(H3,18,19). The number of nitrogens with one attached hydrogen (secondary N) is 1. The number of fused-ring (bicyclic) bond motifs is 2. The lowest BCUT2D eigenvalue weighted by atomic mass is 10.2. The van der Waals surface area contributed by atoms with E-state index < -0.39 is 10.8 Å². The molecule has 22 heavy (non-hydrogen) atoms. The molecule has 114 valence electrons. The molecule has 4 nitrogen and oxygen atoms in total. The fraction of sp³-hybridized carbons (Fsp3) is 0.133. The number of nitrogens with zero attached hydrogens (tertiary/aromatic N) is 1. The lowest BCUT2D eigenvalue weighted by Gasteiger charge is -2.32. The normalized spacial score (nSPS) is 13.6. The minimum absolute atomic E-state index is 0.109. The van der Waals surface area contributed by atoms with E-state index >= 15 is 0 Å². The number of anilines is 2. The quantitative estimate of drug-likeness (QED) is 0.648. The highest BCUT2D eigenvalue weighted by Crippen LogP contribution is 2.43. The van der Waals surface area contributed by atoms with Crippen molar-refractivity contribution in [1.82, 2.24) is 0 Å². The highest BCUT2D eigenvalue weighted by Gasteiger charge is 2.28. The largest absolute Gasteiger partial charge is 0.388 e. The third-order valence-corrected chi connectivity index (χ3v) is 5.35. The van der Waals surface area contributed by atoms with Gasteiger partial charge in [0.15, 0.2) is 0 Å². The van der Waals surface area contributed by atoms with E-state index in [1.54, 1.807) is 24.3 Å². The Bertz CT molecular complexity index is 739. The van der Waals surface area contributed by atoms with Gasteiger partial charge in [-0.15, -0.1) is 0 Å². The number of hydrogen-bond donors (Lipinski definition) is 2. The van der Waals surface area contributed by atoms with Crippen LogP contribution in [0.3, 0.4) is 0 Å². The Morgan fingerprint density at radius 3 is 2.05 bits per heavy atom. The average molecular weight is 354 g/mol. The van der Waals surface area contributed by atoms with E-state index in [2.05, 4.69) is 0 Å². The van der Waals surface area contributed by atoms with Crippen molar-refractivity contribution in [2.45, 2.75) is 16.2 Å². The van der Waals surface area contributed by atoms with E-state index in [9.17, 15) is 4.21 Å². The van der Waals surface area contributed by atoms with Gasteiger partial charge in [-0.2, -0.15) is 0 Å². The number of hydrogen-bond acceptors (Lipinski definition) is 3. The number of rotatable bonds is 3. The van der Waals surface area contributed by atoms with Crippen LogP contribution < -0.4 is 10.6 Å². The second-order valence-electron chi connectivity index (χ2n) is 4.92. The molecule has 0 bridgehead atoms. The van der Waals surface area contributed by atoms with Gasteiger partial charge < -0.3 is 10.6 Å². The summed E-state index contributed by atoms with van der Waals surface area (Å²) >= 11 is 12.1. The van der Waals surface area contributed by atoms with Crippen LogP contribution in [0.5, 0.6) is 0 Å². The predicted octanol–water partition coefficient (Wildman–Crippen LogP) is 3.94. The Kier molecular flexibility index (Phi) is 4.12. The molecule has 0 spiro atoms. The van der Waals surface area contributed by atoms with Crippen molar-refractivity contribution in [2.24, 2.45) is 5.73 Å². The molecule has 0 radical (unpaired) electrons. The molecule has 2 aromatic rings. The van der Waals surface area contributed by atoms with Crippen molar-refractivity contribution < 1.29 is 4.21 Å². The Labute approximate surface area is 140 Å². The zero-order valence-electron chi connectivity index (χ0n) is 11.5. The SMILES string of the molecule is N=C(N)CCN1c2ccc(Cl)cc2S(=O)c2cc(Cl)ccc21. The van der Waals surface area contributed by atoms with Gasteiger partial charge in [-0.05, 0) is 36.4 Å². The first-order chi connectivity index (χ1) is 10.5. The van der Waals surface area contributed by atoms with Gasteiger partial charge in [0.25, 0.3) is 0 Å². The third-order valence-electron chi connectivity index (χ3n) is 3.43. The molecule has 0 atom stereocenters. The minimum Gasteiger partial charge on any atom is -0.388 e. The van der Waals surface area contributed by atoms with Crippen LogP contribution in [-0.4, -0.2) is 16.6 Å². The Morgan fingerprint density at radius 1 is 1.09 bits per heavy atom. The van der Waals surface area contributed by atoms with Gasteiger partial charge in [-0.25, -0.2) is 4.21 Å². The monoisotopic (exact) mass is 353 g/mol. The molecule has 0 unspecified atom stereocenters. The Balaban J connectivity index is 2.16. The molecule has 3 N–H and O–H groups in total. The zero-order valence-corrected chi connectivity index (χ0v) is 13.8. The van der Waals surface area contributed by atoms with Crippen molar-refractivity contribution >= 4 is 51.2 Å². The van der Waals surface area contributed by atoms with E-state index in [-0.39, 0.29) is 5.84 Å². The fourth-order valence-corrected chi connectivity index (χ4v) is 4.36. The molecule has 1 aliphatic heterocycles. The fourth-order valence-electron chi connectivity index (χ4n) is 2.44. The maximum atomic E-state index is 12.8. The second kappa shape index (κ2) is 5.91. The van der Waals surface area contributed by atoms with Gasteiger partial charge in [0.1, 0.15) is 0 Å². The van der Waals surface area contributed by atoms with Crippen LogP contribution in [0, 0.1) is 5.41 Å². The van der Waals surface area contributed by atoms with Crippen LogP contribution in [-0.2, 0) is 10.8 Å². The first-order valence-electron chi connectivity index (χ1n) is 6.58. The minimum atomic E-state index is -1.34. The maximum Gasteiger partial charge on any atom is 0.0923 e. The molecule has 1 heterocycles. The highest BCUT2D eigenvalue weighted by atomic mass is 35.5. The van der Waals surface area contributed by atoms with Gasteiger partial charge in [0.05, 0.1) is 37.8 Å². The van der Waals surface area contributed by atoms with Crippen LogP contribution in [0.15, 0.2) is 46.2 Å². The van der Waals surface area contributed by atoms with Crippen molar-refractivity contribution in [2.75, 3.05) is 11.4 Å². The van der Waals surface area contributed by atoms with Crippen LogP contribution >= 0.6 is 23.2 Å². The third kappa shape index (κ3) is 2.72. The van der Waals surface area contributed by atoms with E-state index in [0.29, 0.717) is 32.8 Å². The molecular formula is C15H13Cl2N3OS. The van der Waals surface area contributed by atoms with E-state index in [1.807, 2.05) is 17.0 Å². The smallest absolute Gasteiger partial charge is 0.0923 e. The number of halogens is 2. The summed E-state index contributed by atoms with van der Waals surface area (Å²) in [6.07, 6.45) is 0.413. The van der Waals surface area contributed by atoms with E-state index in [0.717, 1.165) is 11.4 Å². The van der Waals surface area contributed by atoms with Gasteiger partial charge in [-0.1, -0.05) is 23.2 Å². The van der Waals surface area contributed by atoms with Crippen LogP contribution in [0.4, 0.5) is 11.4 Å². The number of benzene rings is 2. The second-order valence-corrected chi connectivity index (χ2v) is 7.21. The van der Waals surface area contributed by atoms with Gasteiger partial charge >= 0.3 is 0 Å². The molecular weight excluding hydrogens is 341 g/mol. The molecule has 7 heteroatoms. The van der Waals surface area contributed by atoms with Gasteiger partial charge in [0, 0.05) is 23.0 Å². The summed E-state index contributed by atoms with van der Waals surface area (Å²) in [6, 6.07) is 10.6. The summed E-state index contributed by atoms with van der Waals surface area (Å²) in [7, 11) is -1.34. The predicted molar refractivity (Wildman–Crippen MR) is 91.1 cm³/mol. The molecule has 0 saturated heterocycles. The Morgan fingerprint density at radius 2 is 1.59 bits per heavy atom. The van der Waals surface area contributed by atoms with Crippen molar-refractivity contribution in [3.05, 3.63) is 46.4 Å². The molecule has 3 rings (SSSR count). The summed E-state index contributed by atoms with van der Waals surface area (Å²) in [5, 5.41) is 8.50. The Hall–Kier alpha value is -1.56. The van der Waals surface area contributed by atoms with E-state index in [4.69, 9.17) is 34.3 Å². The van der Waals surface area contributed by atoms with Crippen LogP contribution in [0.2, 0.25) is 10.0 Å². The lowest BCUT2D eigenvalue weighted by Crippen LogP contribution is -2.28. The first-order valence-corrected chi connectivity index (χ1v) is 8.49. The molecule has 0 fully saturated rings. The topological polar surface area (TPSA) is 70.2 Å². The zero-order chi connectivity index (χ0) is 15.9.